The minimum absolute atomic E-state index is 0.112. The summed E-state index contributed by atoms with van der Waals surface area (Å²) in [5.74, 6) is -1.81. The van der Waals surface area contributed by atoms with Gasteiger partial charge in [0.05, 0.1) is 10.6 Å². The number of rotatable bonds is 4. The largest absolute Gasteiger partial charge is 0.321 e. The van der Waals surface area contributed by atoms with Crippen molar-refractivity contribution >= 4 is 33.6 Å². The molecule has 29 heavy (non-hydrogen) atoms. The first kappa shape index (κ1) is 18.7. The molecular weight excluding hydrogens is 402 g/mol. The Morgan fingerprint density at radius 2 is 1.93 bits per heavy atom. The first-order valence-electron chi connectivity index (χ1n) is 8.33. The number of carbonyl (C=O) groups excluding carboxylic acids is 1. The van der Waals surface area contributed by atoms with Gasteiger partial charge < -0.3 is 5.32 Å². The fourth-order valence-corrected chi connectivity index (χ4v) is 3.84. The second-order valence-electron chi connectivity index (χ2n) is 6.18. The summed E-state index contributed by atoms with van der Waals surface area (Å²) in [6, 6.07) is 9.07. The Morgan fingerprint density at radius 3 is 2.59 bits per heavy atom. The van der Waals surface area contributed by atoms with Crippen LogP contribution in [0.5, 0.6) is 0 Å². The Bertz CT molecular complexity index is 1260. The van der Waals surface area contributed by atoms with Crippen molar-refractivity contribution in [2.75, 3.05) is 5.32 Å². The zero-order valence-corrected chi connectivity index (χ0v) is 15.7. The second kappa shape index (κ2) is 7.06. The number of imidazole rings is 1. The van der Waals surface area contributed by atoms with Gasteiger partial charge in [-0.3, -0.25) is 19.3 Å². The second-order valence-corrected chi connectivity index (χ2v) is 7.16. The number of nitrogens with one attached hydrogen (secondary N) is 1. The molecule has 0 saturated carbocycles. The summed E-state index contributed by atoms with van der Waals surface area (Å²) in [5.41, 5.74) is 1.40. The maximum Gasteiger partial charge on any atom is 0.306 e. The van der Waals surface area contributed by atoms with Crippen molar-refractivity contribution in [2.24, 2.45) is 0 Å². The van der Waals surface area contributed by atoms with Crippen LogP contribution in [0.25, 0.3) is 16.2 Å². The third-order valence-electron chi connectivity index (χ3n) is 4.30. The Labute approximate surface area is 166 Å². The van der Waals surface area contributed by atoms with Crippen molar-refractivity contribution in [3.8, 4) is 11.3 Å². The minimum atomic E-state index is -0.980. The molecule has 2 aromatic heterocycles. The zero-order chi connectivity index (χ0) is 20.7. The van der Waals surface area contributed by atoms with E-state index in [1.165, 1.54) is 18.2 Å². The summed E-state index contributed by atoms with van der Waals surface area (Å²) in [6.45, 7) is 1.74. The first-order chi connectivity index (χ1) is 13.8. The van der Waals surface area contributed by atoms with Crippen LogP contribution in [0.15, 0.2) is 48.7 Å². The monoisotopic (exact) mass is 414 g/mol. The summed E-state index contributed by atoms with van der Waals surface area (Å²) >= 11 is 1.14. The molecule has 0 spiro atoms. The summed E-state index contributed by atoms with van der Waals surface area (Å²) in [6.07, 6.45) is 1.74. The number of nitrogens with zero attached hydrogens (tertiary/aromatic N) is 3. The molecule has 1 N–H and O–H groups in total. The normalized spacial score (nSPS) is 11.0. The zero-order valence-electron chi connectivity index (χ0n) is 14.8. The molecule has 7 nitrogen and oxygen atoms in total. The van der Waals surface area contributed by atoms with Crippen LogP contribution in [0.1, 0.15) is 15.4 Å². The van der Waals surface area contributed by atoms with Gasteiger partial charge in [-0.25, -0.2) is 9.37 Å². The molecule has 4 aromatic rings. The van der Waals surface area contributed by atoms with E-state index in [1.54, 1.807) is 29.7 Å². The molecule has 2 aromatic carbocycles. The van der Waals surface area contributed by atoms with Crippen molar-refractivity contribution in [2.45, 2.75) is 6.92 Å². The number of aryl methyl sites for hydroxylation is 1. The molecule has 0 saturated heterocycles. The predicted molar refractivity (Wildman–Crippen MR) is 104 cm³/mol. The molecular formula is C19H12F2N4O3S. The van der Waals surface area contributed by atoms with Crippen molar-refractivity contribution in [3.63, 3.8) is 0 Å². The standard InChI is InChI=1S/C19H12F2N4O3S/c1-10-17(18(26)22-13-6-7-14(21)16(8-13)25(27)28)29-19-23-15(9-24(10)19)11-2-4-12(20)5-3-11/h2-9H,1H3,(H,22,26). The van der Waals surface area contributed by atoms with Crippen LogP contribution in [-0.4, -0.2) is 20.2 Å². The van der Waals surface area contributed by atoms with Gasteiger partial charge in [0.2, 0.25) is 5.82 Å². The number of fused-ring (bicyclic) bond motifs is 1. The molecule has 0 aliphatic carbocycles. The number of hydrogen-bond acceptors (Lipinski definition) is 5. The van der Waals surface area contributed by atoms with E-state index < -0.39 is 22.3 Å². The highest BCUT2D eigenvalue weighted by atomic mass is 32.1. The van der Waals surface area contributed by atoms with Crippen LogP contribution in [-0.2, 0) is 0 Å². The van der Waals surface area contributed by atoms with Crippen LogP contribution in [0.2, 0.25) is 0 Å². The summed E-state index contributed by atoms with van der Waals surface area (Å²) in [5, 5.41) is 13.4. The molecule has 0 unspecified atom stereocenters. The molecule has 0 fully saturated rings. The van der Waals surface area contributed by atoms with E-state index in [0.717, 1.165) is 29.0 Å². The lowest BCUT2D eigenvalue weighted by molar-refractivity contribution is -0.387. The van der Waals surface area contributed by atoms with Crippen LogP contribution in [0.4, 0.5) is 20.2 Å². The molecule has 10 heteroatoms. The highest BCUT2D eigenvalue weighted by Gasteiger charge is 2.20. The van der Waals surface area contributed by atoms with E-state index in [0.29, 0.717) is 21.2 Å². The number of benzene rings is 2. The number of nitro groups is 1. The van der Waals surface area contributed by atoms with Gasteiger partial charge in [0, 0.05) is 29.2 Å². The molecule has 0 radical (unpaired) electrons. The van der Waals surface area contributed by atoms with Crippen LogP contribution in [0.3, 0.4) is 0 Å². The van der Waals surface area contributed by atoms with Crippen molar-refractivity contribution in [3.05, 3.63) is 81.0 Å². The van der Waals surface area contributed by atoms with Gasteiger partial charge in [-0.2, -0.15) is 4.39 Å². The average molecular weight is 414 g/mol. The van der Waals surface area contributed by atoms with E-state index in [4.69, 9.17) is 0 Å². The van der Waals surface area contributed by atoms with Crippen LogP contribution >= 0.6 is 11.3 Å². The summed E-state index contributed by atoms with van der Waals surface area (Å²) in [7, 11) is 0. The van der Waals surface area contributed by atoms with Crippen LogP contribution < -0.4 is 5.32 Å². The summed E-state index contributed by atoms with van der Waals surface area (Å²) in [4.78, 5) is 28.0. The van der Waals surface area contributed by atoms with Crippen molar-refractivity contribution < 1.29 is 18.5 Å². The van der Waals surface area contributed by atoms with E-state index in [9.17, 15) is 23.7 Å². The van der Waals surface area contributed by atoms with Gasteiger partial charge in [0.1, 0.15) is 10.7 Å². The first-order valence-corrected chi connectivity index (χ1v) is 9.15. The Hall–Kier alpha value is -3.66. The molecule has 0 atom stereocenters. The fraction of sp³-hybridized carbons (Fsp3) is 0.0526. The Kier molecular flexibility index (Phi) is 4.55. The lowest BCUT2D eigenvalue weighted by atomic mass is 10.2. The van der Waals surface area contributed by atoms with E-state index in [2.05, 4.69) is 10.3 Å². The fourth-order valence-electron chi connectivity index (χ4n) is 2.84. The van der Waals surface area contributed by atoms with E-state index in [1.807, 2.05) is 0 Å². The molecule has 1 amide bonds. The number of carbonyl (C=O) groups is 1. The molecule has 0 aliphatic rings. The number of amides is 1. The third kappa shape index (κ3) is 3.45. The molecule has 4 rings (SSSR count). The van der Waals surface area contributed by atoms with Crippen molar-refractivity contribution in [1.82, 2.24) is 9.38 Å². The number of thiazole rings is 1. The number of nitro benzene ring substituents is 1. The SMILES string of the molecule is Cc1c(C(=O)Nc2ccc(F)c([N+](=O)[O-])c2)sc2nc(-c3ccc(F)cc3)cn12. The smallest absolute Gasteiger partial charge is 0.306 e. The van der Waals surface area contributed by atoms with Gasteiger partial charge in [0.25, 0.3) is 5.91 Å². The minimum Gasteiger partial charge on any atom is -0.321 e. The topological polar surface area (TPSA) is 89.5 Å². The van der Waals surface area contributed by atoms with E-state index in [-0.39, 0.29) is 11.5 Å². The molecule has 0 aliphatic heterocycles. The lowest BCUT2D eigenvalue weighted by Crippen LogP contribution is -2.12. The van der Waals surface area contributed by atoms with E-state index >= 15 is 0 Å². The molecule has 146 valence electrons. The number of anilines is 1. The highest BCUT2D eigenvalue weighted by Crippen LogP contribution is 2.28. The van der Waals surface area contributed by atoms with Crippen molar-refractivity contribution in [1.29, 1.82) is 0 Å². The maximum absolute atomic E-state index is 13.5. The van der Waals surface area contributed by atoms with Crippen LogP contribution in [0, 0.1) is 28.7 Å². The van der Waals surface area contributed by atoms with Gasteiger partial charge in [-0.05, 0) is 43.3 Å². The number of aromatic nitrogens is 2. The third-order valence-corrected chi connectivity index (χ3v) is 5.46. The Balaban J connectivity index is 1.62. The Morgan fingerprint density at radius 1 is 1.21 bits per heavy atom. The van der Waals surface area contributed by atoms with Gasteiger partial charge in [-0.1, -0.05) is 11.3 Å². The molecule has 0 bridgehead atoms. The number of hydrogen-bond donors (Lipinski definition) is 1. The highest BCUT2D eigenvalue weighted by molar-refractivity contribution is 7.19. The van der Waals surface area contributed by atoms with Gasteiger partial charge >= 0.3 is 5.69 Å². The average Bonchev–Trinajstić information content (AvgIpc) is 3.23. The van der Waals surface area contributed by atoms with Gasteiger partial charge in [0.15, 0.2) is 4.96 Å². The van der Waals surface area contributed by atoms with Gasteiger partial charge in [-0.15, -0.1) is 0 Å². The molecule has 2 heterocycles. The maximum atomic E-state index is 13.5. The quantitative estimate of drug-likeness (QED) is 0.383. The lowest BCUT2D eigenvalue weighted by Gasteiger charge is -2.05. The summed E-state index contributed by atoms with van der Waals surface area (Å²) < 4.78 is 28.3. The number of halogens is 2. The predicted octanol–water partition coefficient (Wildman–Crippen LogP) is 4.81.